The van der Waals surface area contributed by atoms with E-state index in [1.54, 1.807) is 7.05 Å². The first-order chi connectivity index (χ1) is 8.56. The van der Waals surface area contributed by atoms with Gasteiger partial charge in [-0.3, -0.25) is 9.59 Å². The van der Waals surface area contributed by atoms with Crippen molar-refractivity contribution in [2.45, 2.75) is 64.5 Å². The molecule has 5 nitrogen and oxygen atoms in total. The van der Waals surface area contributed by atoms with Crippen molar-refractivity contribution in [2.24, 2.45) is 5.73 Å². The number of likely N-dealkylation sites (N-methyl/N-ethyl adjacent to an activating group) is 1. The molecule has 0 bridgehead atoms. The summed E-state index contributed by atoms with van der Waals surface area (Å²) < 4.78 is 0. The number of rotatable bonds is 9. The van der Waals surface area contributed by atoms with E-state index in [9.17, 15) is 9.59 Å². The van der Waals surface area contributed by atoms with Gasteiger partial charge in [0.25, 0.3) is 0 Å². The molecular formula is C13H27N3O2. The van der Waals surface area contributed by atoms with Crippen LogP contribution in [0.1, 0.15) is 52.4 Å². The van der Waals surface area contributed by atoms with E-state index >= 15 is 0 Å². The summed E-state index contributed by atoms with van der Waals surface area (Å²) in [7, 11) is 1.57. The molecule has 106 valence electrons. The van der Waals surface area contributed by atoms with E-state index < -0.39 is 12.1 Å². The molecule has 2 amide bonds. The van der Waals surface area contributed by atoms with E-state index in [-0.39, 0.29) is 11.8 Å². The van der Waals surface area contributed by atoms with Crippen molar-refractivity contribution in [3.63, 3.8) is 0 Å². The lowest BCUT2D eigenvalue weighted by Gasteiger charge is -2.19. The lowest BCUT2D eigenvalue weighted by Crippen LogP contribution is -2.51. The lowest BCUT2D eigenvalue weighted by atomic mass is 10.1. The molecule has 0 heterocycles. The molecule has 0 aliphatic heterocycles. The van der Waals surface area contributed by atoms with Crippen molar-refractivity contribution in [1.29, 1.82) is 0 Å². The van der Waals surface area contributed by atoms with Gasteiger partial charge in [0, 0.05) is 7.05 Å². The highest BCUT2D eigenvalue weighted by Crippen LogP contribution is 2.03. The van der Waals surface area contributed by atoms with E-state index in [1.807, 2.05) is 0 Å². The van der Waals surface area contributed by atoms with E-state index in [0.717, 1.165) is 25.7 Å². The van der Waals surface area contributed by atoms with Crippen LogP contribution in [0, 0.1) is 0 Å². The molecule has 0 unspecified atom stereocenters. The summed E-state index contributed by atoms with van der Waals surface area (Å²) in [6.07, 6.45) is 5.15. The van der Waals surface area contributed by atoms with Gasteiger partial charge in [0.2, 0.25) is 11.8 Å². The zero-order valence-electron chi connectivity index (χ0n) is 11.8. The van der Waals surface area contributed by atoms with Gasteiger partial charge in [0.05, 0.1) is 6.04 Å². The maximum absolute atomic E-state index is 11.8. The molecule has 0 fully saturated rings. The Kier molecular flexibility index (Phi) is 9.28. The van der Waals surface area contributed by atoms with Gasteiger partial charge >= 0.3 is 0 Å². The average molecular weight is 257 g/mol. The SMILES string of the molecule is CCCC[C@H](NC(=O)[C@@H](N)CCCC)C(=O)NC. The number of hydrogen-bond acceptors (Lipinski definition) is 3. The summed E-state index contributed by atoms with van der Waals surface area (Å²) in [5.74, 6) is -0.382. The Morgan fingerprint density at radius 2 is 1.61 bits per heavy atom. The van der Waals surface area contributed by atoms with Crippen LogP contribution in [0.3, 0.4) is 0 Å². The predicted octanol–water partition coefficient (Wildman–Crippen LogP) is 0.925. The standard InChI is InChI=1S/C13H27N3O2/c1-4-6-8-10(14)12(17)16-11(9-7-5-2)13(18)15-3/h10-11H,4-9,14H2,1-3H3,(H,15,18)(H,16,17)/t10-,11-/m0/s1. The fourth-order valence-electron chi connectivity index (χ4n) is 1.69. The molecule has 2 atom stereocenters. The van der Waals surface area contributed by atoms with Gasteiger partial charge in [-0.2, -0.15) is 0 Å². The Hall–Kier alpha value is -1.10. The average Bonchev–Trinajstić information content (AvgIpc) is 2.39. The van der Waals surface area contributed by atoms with E-state index in [4.69, 9.17) is 5.73 Å². The summed E-state index contributed by atoms with van der Waals surface area (Å²) in [5.41, 5.74) is 5.78. The Balaban J connectivity index is 4.28. The molecule has 5 heteroatoms. The summed E-state index contributed by atoms with van der Waals surface area (Å²) in [6.45, 7) is 4.11. The zero-order chi connectivity index (χ0) is 14.0. The quantitative estimate of drug-likeness (QED) is 0.574. The van der Waals surface area contributed by atoms with Crippen LogP contribution in [0.25, 0.3) is 0 Å². The van der Waals surface area contributed by atoms with Crippen molar-refractivity contribution >= 4 is 11.8 Å². The van der Waals surface area contributed by atoms with Gasteiger partial charge in [-0.25, -0.2) is 0 Å². The van der Waals surface area contributed by atoms with Gasteiger partial charge < -0.3 is 16.4 Å². The summed E-state index contributed by atoms with van der Waals surface area (Å²) in [6, 6.07) is -0.978. The maximum atomic E-state index is 11.8. The van der Waals surface area contributed by atoms with Gasteiger partial charge in [0.1, 0.15) is 6.04 Å². The number of nitrogens with two attached hydrogens (primary N) is 1. The summed E-state index contributed by atoms with van der Waals surface area (Å²) in [5, 5.41) is 5.30. The van der Waals surface area contributed by atoms with Gasteiger partial charge in [-0.1, -0.05) is 39.5 Å². The Morgan fingerprint density at radius 1 is 1.06 bits per heavy atom. The second kappa shape index (κ2) is 9.88. The van der Waals surface area contributed by atoms with Crippen molar-refractivity contribution in [3.05, 3.63) is 0 Å². The van der Waals surface area contributed by atoms with Crippen LogP contribution >= 0.6 is 0 Å². The molecule has 0 aliphatic carbocycles. The largest absolute Gasteiger partial charge is 0.357 e. The maximum Gasteiger partial charge on any atom is 0.242 e. The highest BCUT2D eigenvalue weighted by atomic mass is 16.2. The molecule has 0 aromatic heterocycles. The van der Waals surface area contributed by atoms with Crippen LogP contribution in [0.2, 0.25) is 0 Å². The normalized spacial score (nSPS) is 13.8. The Bertz CT molecular complexity index is 257. The van der Waals surface area contributed by atoms with Gasteiger partial charge in [0.15, 0.2) is 0 Å². The molecule has 0 aromatic rings. The molecule has 0 aliphatic rings. The van der Waals surface area contributed by atoms with E-state index in [2.05, 4.69) is 24.5 Å². The van der Waals surface area contributed by atoms with Crippen molar-refractivity contribution in [3.8, 4) is 0 Å². The van der Waals surface area contributed by atoms with Gasteiger partial charge in [-0.05, 0) is 12.8 Å². The third-order valence-corrected chi connectivity index (χ3v) is 2.93. The smallest absolute Gasteiger partial charge is 0.242 e. The number of unbranched alkanes of at least 4 members (excludes halogenated alkanes) is 2. The number of nitrogens with one attached hydrogen (secondary N) is 2. The molecule has 0 rings (SSSR count). The predicted molar refractivity (Wildman–Crippen MR) is 73.0 cm³/mol. The third-order valence-electron chi connectivity index (χ3n) is 2.93. The molecule has 0 aromatic carbocycles. The fourth-order valence-corrected chi connectivity index (χ4v) is 1.69. The number of hydrogen-bond donors (Lipinski definition) is 3. The third kappa shape index (κ3) is 6.59. The minimum absolute atomic E-state index is 0.153. The minimum Gasteiger partial charge on any atom is -0.357 e. The molecule has 0 spiro atoms. The molecule has 18 heavy (non-hydrogen) atoms. The number of carbonyl (C=O) groups excluding carboxylic acids is 2. The Labute approximate surface area is 110 Å². The van der Waals surface area contributed by atoms with Crippen LogP contribution in [0.4, 0.5) is 0 Å². The Morgan fingerprint density at radius 3 is 2.11 bits per heavy atom. The van der Waals surface area contributed by atoms with Crippen molar-refractivity contribution < 1.29 is 9.59 Å². The second-order valence-corrected chi connectivity index (χ2v) is 4.57. The molecular weight excluding hydrogens is 230 g/mol. The molecule has 0 saturated carbocycles. The molecule has 0 radical (unpaired) electrons. The van der Waals surface area contributed by atoms with Gasteiger partial charge in [-0.15, -0.1) is 0 Å². The first-order valence-corrected chi connectivity index (χ1v) is 6.84. The van der Waals surface area contributed by atoms with Crippen LogP contribution < -0.4 is 16.4 Å². The molecule has 4 N–H and O–H groups in total. The lowest BCUT2D eigenvalue weighted by molar-refractivity contribution is -0.129. The first-order valence-electron chi connectivity index (χ1n) is 6.84. The molecule has 0 saturated heterocycles. The zero-order valence-corrected chi connectivity index (χ0v) is 11.8. The van der Waals surface area contributed by atoms with Crippen molar-refractivity contribution in [1.82, 2.24) is 10.6 Å². The second-order valence-electron chi connectivity index (χ2n) is 4.57. The highest BCUT2D eigenvalue weighted by Gasteiger charge is 2.21. The number of amides is 2. The minimum atomic E-state index is -0.515. The topological polar surface area (TPSA) is 84.2 Å². The monoisotopic (exact) mass is 257 g/mol. The fraction of sp³-hybridized carbons (Fsp3) is 0.846. The summed E-state index contributed by atoms with van der Waals surface area (Å²) in [4.78, 5) is 23.5. The highest BCUT2D eigenvalue weighted by molar-refractivity contribution is 5.89. The van der Waals surface area contributed by atoms with Crippen LogP contribution in [-0.4, -0.2) is 30.9 Å². The van der Waals surface area contributed by atoms with E-state index in [0.29, 0.717) is 12.8 Å². The van der Waals surface area contributed by atoms with Crippen LogP contribution in [0.15, 0.2) is 0 Å². The van der Waals surface area contributed by atoms with Crippen molar-refractivity contribution in [2.75, 3.05) is 7.05 Å². The van der Waals surface area contributed by atoms with E-state index in [1.165, 1.54) is 0 Å². The number of carbonyl (C=O) groups is 2. The first kappa shape index (κ1) is 16.9. The van der Waals surface area contributed by atoms with Crippen LogP contribution in [-0.2, 0) is 9.59 Å². The summed E-state index contributed by atoms with van der Waals surface area (Å²) >= 11 is 0. The van der Waals surface area contributed by atoms with Crippen LogP contribution in [0.5, 0.6) is 0 Å².